The van der Waals surface area contributed by atoms with Crippen molar-refractivity contribution in [2.24, 2.45) is 0 Å². The number of rotatable bonds is 6. The van der Waals surface area contributed by atoms with Gasteiger partial charge in [0, 0.05) is 17.2 Å². The Morgan fingerprint density at radius 2 is 1.90 bits per heavy atom. The van der Waals surface area contributed by atoms with Crippen LogP contribution in [-0.4, -0.2) is 16.0 Å². The summed E-state index contributed by atoms with van der Waals surface area (Å²) < 4.78 is 24.6. The van der Waals surface area contributed by atoms with Crippen LogP contribution in [0, 0.1) is 19.7 Å². The summed E-state index contributed by atoms with van der Waals surface area (Å²) in [5.41, 5.74) is 4.02. The predicted octanol–water partition coefficient (Wildman–Crippen LogP) is 5.53. The Morgan fingerprint density at radius 3 is 2.67 bits per heavy atom. The van der Waals surface area contributed by atoms with Gasteiger partial charge in [0.25, 0.3) is 5.91 Å². The fourth-order valence-electron chi connectivity index (χ4n) is 3.30. The molecule has 5 nitrogen and oxygen atoms in total. The average molecular weight is 404 g/mol. The van der Waals surface area contributed by atoms with Crippen molar-refractivity contribution in [2.75, 3.05) is 0 Å². The van der Waals surface area contributed by atoms with Gasteiger partial charge in [0.1, 0.15) is 17.3 Å². The number of carbonyl (C=O) groups excluding carboxylic acids is 1. The maximum absolute atomic E-state index is 13.6. The highest BCUT2D eigenvalue weighted by Gasteiger charge is 2.20. The molecule has 0 aliphatic heterocycles. The Kier molecular flexibility index (Phi) is 5.48. The molecule has 0 fully saturated rings. The Labute approximate surface area is 173 Å². The quantitative estimate of drug-likeness (QED) is 0.424. The lowest BCUT2D eigenvalue weighted by Gasteiger charge is -2.20. The molecule has 0 unspecified atom stereocenters. The zero-order valence-corrected chi connectivity index (χ0v) is 16.8. The smallest absolute Gasteiger partial charge is 0.254 e. The average Bonchev–Trinajstić information content (AvgIpc) is 3.41. The van der Waals surface area contributed by atoms with Crippen LogP contribution < -0.4 is 0 Å². The largest absolute Gasteiger partial charge is 0.467 e. The summed E-state index contributed by atoms with van der Waals surface area (Å²) in [4.78, 5) is 14.6. The molecule has 2 heterocycles. The first-order valence-electron chi connectivity index (χ1n) is 9.60. The summed E-state index contributed by atoms with van der Waals surface area (Å²) in [7, 11) is 0. The van der Waals surface area contributed by atoms with Gasteiger partial charge >= 0.3 is 0 Å². The van der Waals surface area contributed by atoms with Crippen molar-refractivity contribution in [3.8, 4) is 11.3 Å². The second-order valence-electron chi connectivity index (χ2n) is 7.25. The van der Waals surface area contributed by atoms with E-state index in [9.17, 15) is 9.18 Å². The molecule has 1 amide bonds. The molecule has 4 aromatic rings. The molecule has 6 heteroatoms. The standard InChI is InChI=1S/C24H21FN2O3/c1-16-8-9-17(2)22(11-16)23-13-20(26-30-23)14-27(15-21-7-4-10-29-21)24(28)18-5-3-6-19(25)12-18/h3-13H,14-15H2,1-2H3. The number of benzene rings is 2. The lowest BCUT2D eigenvalue weighted by Crippen LogP contribution is -2.30. The van der Waals surface area contributed by atoms with Crippen LogP contribution >= 0.6 is 0 Å². The van der Waals surface area contributed by atoms with E-state index in [1.807, 2.05) is 38.1 Å². The van der Waals surface area contributed by atoms with Gasteiger partial charge in [0.2, 0.25) is 0 Å². The molecule has 0 aliphatic rings. The van der Waals surface area contributed by atoms with Gasteiger partial charge in [0.05, 0.1) is 19.4 Å². The fourth-order valence-corrected chi connectivity index (χ4v) is 3.30. The summed E-state index contributed by atoms with van der Waals surface area (Å²) in [6.07, 6.45) is 1.55. The molecule has 0 saturated carbocycles. The van der Waals surface area contributed by atoms with Gasteiger partial charge in [0.15, 0.2) is 5.76 Å². The van der Waals surface area contributed by atoms with E-state index >= 15 is 0 Å². The van der Waals surface area contributed by atoms with Gasteiger partial charge in [-0.1, -0.05) is 28.9 Å². The van der Waals surface area contributed by atoms with Crippen molar-refractivity contribution < 1.29 is 18.1 Å². The molecule has 0 N–H and O–H groups in total. The normalized spacial score (nSPS) is 10.9. The lowest BCUT2D eigenvalue weighted by atomic mass is 10.0. The minimum absolute atomic E-state index is 0.199. The third-order valence-electron chi connectivity index (χ3n) is 4.86. The molecule has 0 spiro atoms. The van der Waals surface area contributed by atoms with Crippen LogP contribution in [0.15, 0.2) is 75.9 Å². The predicted molar refractivity (Wildman–Crippen MR) is 110 cm³/mol. The summed E-state index contributed by atoms with van der Waals surface area (Å²) >= 11 is 0. The second kappa shape index (κ2) is 8.37. The molecule has 2 aromatic carbocycles. The molecule has 0 radical (unpaired) electrons. The van der Waals surface area contributed by atoms with E-state index in [1.165, 1.54) is 18.2 Å². The summed E-state index contributed by atoms with van der Waals surface area (Å²) in [5.74, 6) is 0.486. The zero-order valence-electron chi connectivity index (χ0n) is 16.8. The summed E-state index contributed by atoms with van der Waals surface area (Å²) in [6.45, 7) is 4.45. The Bertz CT molecular complexity index is 1160. The minimum Gasteiger partial charge on any atom is -0.467 e. The number of furan rings is 1. The number of halogens is 1. The van der Waals surface area contributed by atoms with Gasteiger partial charge in [-0.3, -0.25) is 4.79 Å². The topological polar surface area (TPSA) is 59.5 Å². The highest BCUT2D eigenvalue weighted by atomic mass is 19.1. The van der Waals surface area contributed by atoms with E-state index in [0.29, 0.717) is 17.2 Å². The highest BCUT2D eigenvalue weighted by Crippen LogP contribution is 2.26. The first kappa shape index (κ1) is 19.6. The van der Waals surface area contributed by atoms with Crippen molar-refractivity contribution in [3.63, 3.8) is 0 Å². The Hall–Kier alpha value is -3.67. The van der Waals surface area contributed by atoms with Crippen LogP contribution in [-0.2, 0) is 13.1 Å². The molecular formula is C24H21FN2O3. The van der Waals surface area contributed by atoms with Crippen LogP contribution in [0.3, 0.4) is 0 Å². The number of amides is 1. The number of hydrogen-bond donors (Lipinski definition) is 0. The SMILES string of the molecule is Cc1ccc(C)c(-c2cc(CN(Cc3ccco3)C(=O)c3cccc(F)c3)no2)c1. The van der Waals surface area contributed by atoms with Crippen LogP contribution in [0.2, 0.25) is 0 Å². The van der Waals surface area contributed by atoms with E-state index in [1.54, 1.807) is 29.4 Å². The van der Waals surface area contributed by atoms with Crippen molar-refractivity contribution in [3.05, 3.63) is 101 Å². The zero-order chi connectivity index (χ0) is 21.1. The number of nitrogens with zero attached hydrogens (tertiary/aromatic N) is 2. The first-order chi connectivity index (χ1) is 14.5. The molecule has 152 valence electrons. The van der Waals surface area contributed by atoms with Gasteiger partial charge < -0.3 is 13.8 Å². The second-order valence-corrected chi connectivity index (χ2v) is 7.25. The molecule has 4 rings (SSSR count). The third-order valence-corrected chi connectivity index (χ3v) is 4.86. The lowest BCUT2D eigenvalue weighted by molar-refractivity contribution is 0.0713. The number of carbonyl (C=O) groups is 1. The third kappa shape index (κ3) is 4.33. The molecule has 0 bridgehead atoms. The Morgan fingerprint density at radius 1 is 1.03 bits per heavy atom. The molecular weight excluding hydrogens is 383 g/mol. The van der Waals surface area contributed by atoms with E-state index in [4.69, 9.17) is 8.94 Å². The summed E-state index contributed by atoms with van der Waals surface area (Å²) in [6, 6.07) is 17.1. The van der Waals surface area contributed by atoms with E-state index in [2.05, 4.69) is 5.16 Å². The molecule has 0 aliphatic carbocycles. The Balaban J connectivity index is 1.61. The van der Waals surface area contributed by atoms with Gasteiger partial charge in [-0.15, -0.1) is 0 Å². The minimum atomic E-state index is -0.461. The summed E-state index contributed by atoms with van der Waals surface area (Å²) in [5, 5.41) is 4.15. The van der Waals surface area contributed by atoms with Gasteiger partial charge in [-0.25, -0.2) is 4.39 Å². The van der Waals surface area contributed by atoms with Crippen molar-refractivity contribution in [1.82, 2.24) is 10.1 Å². The van der Waals surface area contributed by atoms with Crippen molar-refractivity contribution in [2.45, 2.75) is 26.9 Å². The molecule has 30 heavy (non-hydrogen) atoms. The van der Waals surface area contributed by atoms with E-state index in [-0.39, 0.29) is 24.6 Å². The van der Waals surface area contributed by atoms with Crippen LogP contribution in [0.4, 0.5) is 4.39 Å². The van der Waals surface area contributed by atoms with E-state index < -0.39 is 5.82 Å². The maximum Gasteiger partial charge on any atom is 0.254 e. The number of aryl methyl sites for hydroxylation is 2. The van der Waals surface area contributed by atoms with E-state index in [0.717, 1.165) is 16.7 Å². The van der Waals surface area contributed by atoms with Crippen molar-refractivity contribution >= 4 is 5.91 Å². The van der Waals surface area contributed by atoms with Crippen LogP contribution in [0.1, 0.15) is 32.9 Å². The molecule has 2 aromatic heterocycles. The molecule has 0 saturated heterocycles. The van der Waals surface area contributed by atoms with Crippen LogP contribution in [0.5, 0.6) is 0 Å². The fraction of sp³-hybridized carbons (Fsp3) is 0.167. The van der Waals surface area contributed by atoms with Crippen LogP contribution in [0.25, 0.3) is 11.3 Å². The maximum atomic E-state index is 13.6. The highest BCUT2D eigenvalue weighted by molar-refractivity contribution is 5.94. The number of aromatic nitrogens is 1. The van der Waals surface area contributed by atoms with Gasteiger partial charge in [-0.2, -0.15) is 0 Å². The number of hydrogen-bond acceptors (Lipinski definition) is 4. The van der Waals surface area contributed by atoms with Gasteiger partial charge in [-0.05, 0) is 55.8 Å². The monoisotopic (exact) mass is 404 g/mol. The first-order valence-corrected chi connectivity index (χ1v) is 9.60. The molecule has 0 atom stereocenters. The van der Waals surface area contributed by atoms with Crippen molar-refractivity contribution in [1.29, 1.82) is 0 Å².